The van der Waals surface area contributed by atoms with E-state index in [2.05, 4.69) is 43.2 Å². The van der Waals surface area contributed by atoms with Crippen LogP contribution in [-0.2, 0) is 0 Å². The number of rotatable bonds is 6. The summed E-state index contributed by atoms with van der Waals surface area (Å²) >= 11 is 0. The SMILES string of the molecule is CCNC(=O)NCCN(C(C)C)C(C)C. The second-order valence-corrected chi connectivity index (χ2v) is 4.21. The van der Waals surface area contributed by atoms with E-state index < -0.39 is 0 Å². The highest BCUT2D eigenvalue weighted by molar-refractivity contribution is 5.73. The van der Waals surface area contributed by atoms with Gasteiger partial charge < -0.3 is 10.6 Å². The van der Waals surface area contributed by atoms with E-state index in [-0.39, 0.29) is 6.03 Å². The number of carbonyl (C=O) groups is 1. The predicted molar refractivity (Wildman–Crippen MR) is 64.1 cm³/mol. The fourth-order valence-electron chi connectivity index (χ4n) is 1.63. The molecule has 0 unspecified atom stereocenters. The Balaban J connectivity index is 3.76. The Morgan fingerprint density at radius 2 is 1.67 bits per heavy atom. The zero-order valence-electron chi connectivity index (χ0n) is 10.6. The first kappa shape index (κ1) is 14.2. The summed E-state index contributed by atoms with van der Waals surface area (Å²) in [5.41, 5.74) is 0. The van der Waals surface area contributed by atoms with Crippen molar-refractivity contribution in [3.8, 4) is 0 Å². The highest BCUT2D eigenvalue weighted by Gasteiger charge is 2.12. The number of hydrogen-bond acceptors (Lipinski definition) is 2. The highest BCUT2D eigenvalue weighted by atomic mass is 16.2. The Labute approximate surface area is 93.4 Å². The van der Waals surface area contributed by atoms with Crippen molar-refractivity contribution in [1.82, 2.24) is 15.5 Å². The molecule has 0 atom stereocenters. The maximum Gasteiger partial charge on any atom is 0.314 e. The molecular formula is C11H25N3O. The maximum absolute atomic E-state index is 11.1. The van der Waals surface area contributed by atoms with E-state index in [4.69, 9.17) is 0 Å². The molecule has 0 rings (SSSR count). The van der Waals surface area contributed by atoms with Crippen LogP contribution in [0, 0.1) is 0 Å². The van der Waals surface area contributed by atoms with Gasteiger partial charge >= 0.3 is 6.03 Å². The van der Waals surface area contributed by atoms with Gasteiger partial charge in [0.2, 0.25) is 0 Å². The molecule has 4 nitrogen and oxygen atoms in total. The van der Waals surface area contributed by atoms with Crippen molar-refractivity contribution in [2.24, 2.45) is 0 Å². The van der Waals surface area contributed by atoms with Gasteiger partial charge in [0, 0.05) is 31.7 Å². The molecular weight excluding hydrogens is 190 g/mol. The first-order chi connectivity index (χ1) is 6.99. The molecule has 2 N–H and O–H groups in total. The van der Waals surface area contributed by atoms with Gasteiger partial charge in [0.05, 0.1) is 0 Å². The predicted octanol–water partition coefficient (Wildman–Crippen LogP) is 1.42. The summed E-state index contributed by atoms with van der Waals surface area (Å²) in [4.78, 5) is 13.5. The number of carbonyl (C=O) groups excluding carboxylic acids is 1. The molecule has 15 heavy (non-hydrogen) atoms. The molecule has 2 amide bonds. The maximum atomic E-state index is 11.1. The summed E-state index contributed by atoms with van der Waals surface area (Å²) in [6, 6.07) is 0.951. The van der Waals surface area contributed by atoms with Crippen LogP contribution >= 0.6 is 0 Å². The Hall–Kier alpha value is -0.770. The second kappa shape index (κ2) is 7.51. The summed E-state index contributed by atoms with van der Waals surface area (Å²) in [5.74, 6) is 0. The topological polar surface area (TPSA) is 44.4 Å². The van der Waals surface area contributed by atoms with Crippen molar-refractivity contribution in [1.29, 1.82) is 0 Å². The Morgan fingerprint density at radius 3 is 2.07 bits per heavy atom. The fourth-order valence-corrected chi connectivity index (χ4v) is 1.63. The zero-order valence-corrected chi connectivity index (χ0v) is 10.6. The van der Waals surface area contributed by atoms with Gasteiger partial charge in [-0.25, -0.2) is 4.79 Å². The number of hydrogen-bond donors (Lipinski definition) is 2. The van der Waals surface area contributed by atoms with E-state index in [0.29, 0.717) is 25.2 Å². The molecule has 90 valence electrons. The minimum atomic E-state index is -0.0787. The van der Waals surface area contributed by atoms with Gasteiger partial charge in [0.1, 0.15) is 0 Å². The molecule has 0 saturated carbocycles. The summed E-state index contributed by atoms with van der Waals surface area (Å²) in [6.07, 6.45) is 0. The van der Waals surface area contributed by atoms with Gasteiger partial charge in [-0.2, -0.15) is 0 Å². The van der Waals surface area contributed by atoms with Crippen LogP contribution in [0.15, 0.2) is 0 Å². The Morgan fingerprint density at radius 1 is 1.13 bits per heavy atom. The summed E-state index contributed by atoms with van der Waals surface area (Å²) in [5, 5.41) is 5.54. The molecule has 4 heteroatoms. The lowest BCUT2D eigenvalue weighted by Crippen LogP contribution is -2.44. The molecule has 0 radical (unpaired) electrons. The Bertz CT molecular complexity index is 173. The first-order valence-corrected chi connectivity index (χ1v) is 5.76. The van der Waals surface area contributed by atoms with Crippen LogP contribution in [0.25, 0.3) is 0 Å². The van der Waals surface area contributed by atoms with Crippen LogP contribution in [0.5, 0.6) is 0 Å². The molecule has 0 aliphatic rings. The smallest absolute Gasteiger partial charge is 0.314 e. The second-order valence-electron chi connectivity index (χ2n) is 4.21. The van der Waals surface area contributed by atoms with Crippen LogP contribution in [0.2, 0.25) is 0 Å². The lowest BCUT2D eigenvalue weighted by atomic mass is 10.2. The van der Waals surface area contributed by atoms with E-state index in [1.54, 1.807) is 0 Å². The van der Waals surface area contributed by atoms with Gasteiger partial charge in [0.25, 0.3) is 0 Å². The van der Waals surface area contributed by atoms with Crippen LogP contribution in [0.4, 0.5) is 4.79 Å². The van der Waals surface area contributed by atoms with E-state index >= 15 is 0 Å². The van der Waals surface area contributed by atoms with E-state index in [9.17, 15) is 4.79 Å². The van der Waals surface area contributed by atoms with Crippen LogP contribution in [0.1, 0.15) is 34.6 Å². The molecule has 0 fully saturated rings. The van der Waals surface area contributed by atoms with E-state index in [1.165, 1.54) is 0 Å². The summed E-state index contributed by atoms with van der Waals surface area (Å²) in [7, 11) is 0. The van der Waals surface area contributed by atoms with Gasteiger partial charge in [0.15, 0.2) is 0 Å². The fraction of sp³-hybridized carbons (Fsp3) is 0.909. The standard InChI is InChI=1S/C11H25N3O/c1-6-12-11(15)13-7-8-14(9(2)3)10(4)5/h9-10H,6-8H2,1-5H3,(H2,12,13,15). The quantitative estimate of drug-likeness (QED) is 0.704. The molecule has 0 aliphatic carbocycles. The normalized spacial score (nSPS) is 11.2. The summed E-state index contributed by atoms with van der Waals surface area (Å²) < 4.78 is 0. The number of urea groups is 1. The van der Waals surface area contributed by atoms with Gasteiger partial charge in [-0.3, -0.25) is 4.90 Å². The average Bonchev–Trinajstić information content (AvgIpc) is 2.11. The molecule has 0 saturated heterocycles. The van der Waals surface area contributed by atoms with Crippen molar-refractivity contribution >= 4 is 6.03 Å². The van der Waals surface area contributed by atoms with Gasteiger partial charge in [-0.05, 0) is 34.6 Å². The third-order valence-electron chi connectivity index (χ3n) is 2.32. The van der Waals surface area contributed by atoms with Crippen molar-refractivity contribution in [3.05, 3.63) is 0 Å². The van der Waals surface area contributed by atoms with Crippen molar-refractivity contribution in [3.63, 3.8) is 0 Å². The monoisotopic (exact) mass is 215 g/mol. The highest BCUT2D eigenvalue weighted by Crippen LogP contribution is 2.02. The molecule has 0 aromatic carbocycles. The molecule has 0 aromatic heterocycles. The number of nitrogens with zero attached hydrogens (tertiary/aromatic N) is 1. The van der Waals surface area contributed by atoms with Gasteiger partial charge in [-0.1, -0.05) is 0 Å². The molecule has 0 aliphatic heterocycles. The largest absolute Gasteiger partial charge is 0.338 e. The summed E-state index contributed by atoms with van der Waals surface area (Å²) in [6.45, 7) is 12.9. The molecule has 0 heterocycles. The van der Waals surface area contributed by atoms with Crippen molar-refractivity contribution < 1.29 is 4.79 Å². The van der Waals surface area contributed by atoms with Gasteiger partial charge in [-0.15, -0.1) is 0 Å². The zero-order chi connectivity index (χ0) is 11.8. The number of nitrogens with one attached hydrogen (secondary N) is 2. The molecule has 0 spiro atoms. The third-order valence-corrected chi connectivity index (χ3v) is 2.32. The minimum absolute atomic E-state index is 0.0787. The lowest BCUT2D eigenvalue weighted by Gasteiger charge is -2.30. The first-order valence-electron chi connectivity index (χ1n) is 5.76. The van der Waals surface area contributed by atoms with Crippen molar-refractivity contribution in [2.45, 2.75) is 46.7 Å². The van der Waals surface area contributed by atoms with Crippen molar-refractivity contribution in [2.75, 3.05) is 19.6 Å². The molecule has 0 aromatic rings. The van der Waals surface area contributed by atoms with Crippen LogP contribution in [-0.4, -0.2) is 42.6 Å². The minimum Gasteiger partial charge on any atom is -0.338 e. The molecule has 0 bridgehead atoms. The third kappa shape index (κ3) is 6.33. The van der Waals surface area contributed by atoms with E-state index in [1.807, 2.05) is 6.92 Å². The average molecular weight is 215 g/mol. The van der Waals surface area contributed by atoms with E-state index in [0.717, 1.165) is 6.54 Å². The van der Waals surface area contributed by atoms with Crippen LogP contribution in [0.3, 0.4) is 0 Å². The lowest BCUT2D eigenvalue weighted by molar-refractivity contribution is 0.175. The Kier molecular flexibility index (Phi) is 7.13. The number of amides is 2. The van der Waals surface area contributed by atoms with Crippen LogP contribution < -0.4 is 10.6 Å².